The van der Waals surface area contributed by atoms with E-state index >= 15 is 0 Å². The van der Waals surface area contributed by atoms with Gasteiger partial charge >= 0.3 is 5.97 Å². The lowest BCUT2D eigenvalue weighted by Gasteiger charge is -2.30. The van der Waals surface area contributed by atoms with Gasteiger partial charge in [-0.15, -0.1) is 0 Å². The summed E-state index contributed by atoms with van der Waals surface area (Å²) in [4.78, 5) is 39.8. The Morgan fingerprint density at radius 2 is 1.47 bits per heavy atom. The molecular formula is C35H40N2O7S. The van der Waals surface area contributed by atoms with E-state index in [2.05, 4.69) is 0 Å². The minimum atomic E-state index is -4.10. The van der Waals surface area contributed by atoms with E-state index in [1.165, 1.54) is 28.6 Å². The van der Waals surface area contributed by atoms with Gasteiger partial charge in [-0.25, -0.2) is 13.3 Å². The number of aliphatic hydroxyl groups is 1. The van der Waals surface area contributed by atoms with Crippen molar-refractivity contribution in [3.63, 3.8) is 0 Å². The van der Waals surface area contributed by atoms with Crippen LogP contribution in [0.15, 0.2) is 83.8 Å². The molecule has 1 N–H and O–H groups in total. The normalized spacial score (nSPS) is 16.8. The van der Waals surface area contributed by atoms with Gasteiger partial charge in [0.25, 0.3) is 11.8 Å². The van der Waals surface area contributed by atoms with Gasteiger partial charge in [-0.05, 0) is 80.0 Å². The van der Waals surface area contributed by atoms with Crippen molar-refractivity contribution in [2.24, 2.45) is 11.8 Å². The van der Waals surface area contributed by atoms with Crippen molar-refractivity contribution < 1.29 is 32.6 Å². The topological polar surface area (TPSA) is 121 Å². The number of sulfonamides is 1. The minimum Gasteiger partial charge on any atom is -0.462 e. The van der Waals surface area contributed by atoms with Crippen molar-refractivity contribution in [3.8, 4) is 0 Å². The molecule has 1 saturated carbocycles. The highest BCUT2D eigenvalue weighted by atomic mass is 32.2. The van der Waals surface area contributed by atoms with Gasteiger partial charge in [0.1, 0.15) is 6.10 Å². The summed E-state index contributed by atoms with van der Waals surface area (Å²) in [5, 5.41) is 11.5. The minimum absolute atomic E-state index is 0.0306. The van der Waals surface area contributed by atoms with Gasteiger partial charge in [-0.2, -0.15) is 4.31 Å². The molecule has 3 aromatic rings. The van der Waals surface area contributed by atoms with Gasteiger partial charge in [-0.3, -0.25) is 14.4 Å². The Morgan fingerprint density at radius 3 is 2.04 bits per heavy atom. The Morgan fingerprint density at radius 1 is 0.889 bits per heavy atom. The summed E-state index contributed by atoms with van der Waals surface area (Å²) >= 11 is 0. The summed E-state index contributed by atoms with van der Waals surface area (Å²) in [6, 6.07) is 21.7. The number of carbonyl (C=O) groups excluding carboxylic acids is 3. The van der Waals surface area contributed by atoms with Crippen LogP contribution in [0.25, 0.3) is 0 Å². The Hall–Kier alpha value is -3.86. The molecule has 10 heteroatoms. The molecule has 0 unspecified atom stereocenters. The largest absolute Gasteiger partial charge is 0.462 e. The zero-order chi connectivity index (χ0) is 32.1. The molecule has 0 radical (unpaired) electrons. The average molecular weight is 633 g/mol. The Bertz CT molecular complexity index is 1580. The van der Waals surface area contributed by atoms with Gasteiger partial charge in [0, 0.05) is 19.0 Å². The van der Waals surface area contributed by atoms with Gasteiger partial charge in [0.2, 0.25) is 10.0 Å². The average Bonchev–Trinajstić information content (AvgIpc) is 3.62. The summed E-state index contributed by atoms with van der Waals surface area (Å²) in [5.41, 5.74) is 1.79. The molecule has 0 spiro atoms. The molecule has 1 aliphatic carbocycles. The molecule has 5 rings (SSSR count). The molecule has 0 bridgehead atoms. The van der Waals surface area contributed by atoms with Gasteiger partial charge < -0.3 is 9.84 Å². The number of nitrogens with zero attached hydrogens (tertiary/aromatic N) is 2. The van der Waals surface area contributed by atoms with Crippen molar-refractivity contribution in [1.29, 1.82) is 0 Å². The highest BCUT2D eigenvalue weighted by Gasteiger charge is 2.37. The maximum absolute atomic E-state index is 14.0. The lowest BCUT2D eigenvalue weighted by Crippen LogP contribution is -2.43. The lowest BCUT2D eigenvalue weighted by molar-refractivity contribution is -0.151. The van der Waals surface area contributed by atoms with Crippen molar-refractivity contribution in [2.75, 3.05) is 18.0 Å². The zero-order valence-electron chi connectivity index (χ0n) is 25.7. The molecule has 1 aliphatic heterocycles. The third-order valence-corrected chi connectivity index (χ3v) is 10.2. The van der Waals surface area contributed by atoms with Crippen LogP contribution in [0.5, 0.6) is 0 Å². The summed E-state index contributed by atoms with van der Waals surface area (Å²) in [6.07, 6.45) is 2.82. The van der Waals surface area contributed by atoms with Crippen molar-refractivity contribution >= 4 is 33.5 Å². The smallest absolute Gasteiger partial charge is 0.306 e. The van der Waals surface area contributed by atoms with Crippen LogP contribution < -0.4 is 4.90 Å². The number of aliphatic hydroxyl groups excluding tert-OH is 1. The lowest BCUT2D eigenvalue weighted by atomic mass is 9.90. The van der Waals surface area contributed by atoms with Gasteiger partial charge in [0.15, 0.2) is 0 Å². The van der Waals surface area contributed by atoms with E-state index in [9.17, 15) is 27.9 Å². The molecule has 2 amide bonds. The second-order valence-electron chi connectivity index (χ2n) is 12.3. The van der Waals surface area contributed by atoms with Gasteiger partial charge in [-0.1, -0.05) is 56.3 Å². The van der Waals surface area contributed by atoms with Crippen LogP contribution in [-0.4, -0.2) is 60.9 Å². The number of carbonyl (C=O) groups is 3. The van der Waals surface area contributed by atoms with E-state index in [1.807, 2.05) is 44.2 Å². The van der Waals surface area contributed by atoms with Crippen LogP contribution in [-0.2, 0) is 26.0 Å². The maximum Gasteiger partial charge on any atom is 0.306 e. The van der Waals surface area contributed by atoms with E-state index in [4.69, 9.17) is 4.74 Å². The van der Waals surface area contributed by atoms with Crippen LogP contribution in [0, 0.1) is 11.8 Å². The molecule has 0 aromatic heterocycles. The Kier molecular flexibility index (Phi) is 10.2. The van der Waals surface area contributed by atoms with Crippen LogP contribution >= 0.6 is 0 Å². The van der Waals surface area contributed by atoms with Crippen molar-refractivity contribution in [1.82, 2.24) is 4.31 Å². The monoisotopic (exact) mass is 632 g/mol. The molecular weight excluding hydrogens is 592 g/mol. The fourth-order valence-electron chi connectivity index (χ4n) is 6.09. The predicted molar refractivity (Wildman–Crippen MR) is 170 cm³/mol. The number of fused-ring (bicyclic) bond motifs is 1. The maximum atomic E-state index is 14.0. The van der Waals surface area contributed by atoms with Crippen LogP contribution in [0.4, 0.5) is 5.69 Å². The van der Waals surface area contributed by atoms with Crippen molar-refractivity contribution in [3.05, 3.63) is 95.6 Å². The number of anilines is 1. The van der Waals surface area contributed by atoms with E-state index in [0.29, 0.717) is 17.5 Å². The molecule has 9 nitrogen and oxygen atoms in total. The van der Waals surface area contributed by atoms with E-state index < -0.39 is 33.9 Å². The van der Waals surface area contributed by atoms with E-state index in [-0.39, 0.29) is 48.1 Å². The first kappa shape index (κ1) is 32.5. The SMILES string of the molecule is CC(C)CN(C[C@@H](O)[C@@H](CC(=O)OC1CCCC1)Cc1ccccc1)S(=O)(=O)c1ccc(N2C(=O)c3ccccc3C2=O)cc1. The number of imide groups is 1. The number of esters is 1. The molecule has 45 heavy (non-hydrogen) atoms. The molecule has 2 atom stereocenters. The van der Waals surface area contributed by atoms with E-state index in [0.717, 1.165) is 36.1 Å². The quantitative estimate of drug-likeness (QED) is 0.202. The first-order valence-electron chi connectivity index (χ1n) is 15.5. The fourth-order valence-corrected chi connectivity index (χ4v) is 7.71. The highest BCUT2D eigenvalue weighted by Crippen LogP contribution is 2.30. The number of benzene rings is 3. The second kappa shape index (κ2) is 14.1. The summed E-state index contributed by atoms with van der Waals surface area (Å²) in [6.45, 7) is 3.71. The standard InChI is InChI=1S/C35H40N2O7S/c1-24(2)22-36(23-32(38)26(20-25-10-4-3-5-11-25)21-33(39)44-28-12-6-7-13-28)45(42,43)29-18-16-27(17-19-29)37-34(40)30-14-8-9-15-31(30)35(37)41/h3-5,8-11,14-19,24,26,28,32,38H,6-7,12-13,20-23H2,1-2H3/t26-,32-/m1/s1. The number of hydrogen-bond donors (Lipinski definition) is 1. The summed E-state index contributed by atoms with van der Waals surface area (Å²) < 4.78 is 34.8. The fraction of sp³-hybridized carbons (Fsp3) is 0.400. The number of amides is 2. The molecule has 238 valence electrons. The first-order valence-corrected chi connectivity index (χ1v) is 17.0. The van der Waals surface area contributed by atoms with Crippen molar-refractivity contribution in [2.45, 2.75) is 69.5 Å². The second-order valence-corrected chi connectivity index (χ2v) is 14.3. The Balaban J connectivity index is 1.35. The zero-order valence-corrected chi connectivity index (χ0v) is 26.5. The number of rotatable bonds is 13. The molecule has 1 heterocycles. The van der Waals surface area contributed by atoms with E-state index in [1.54, 1.807) is 24.3 Å². The molecule has 1 fully saturated rings. The molecule has 0 saturated heterocycles. The third-order valence-electron chi connectivity index (χ3n) is 8.40. The number of ether oxygens (including phenoxy) is 1. The summed E-state index contributed by atoms with van der Waals surface area (Å²) in [7, 11) is -4.10. The van der Waals surface area contributed by atoms with Crippen LogP contribution in [0.1, 0.15) is 72.2 Å². The third kappa shape index (κ3) is 7.52. The van der Waals surface area contributed by atoms with Crippen LogP contribution in [0.3, 0.4) is 0 Å². The number of hydrogen-bond acceptors (Lipinski definition) is 7. The predicted octanol–water partition coefficient (Wildman–Crippen LogP) is 5.23. The van der Waals surface area contributed by atoms with Gasteiger partial charge in [0.05, 0.1) is 34.2 Å². The Labute approximate surface area is 264 Å². The summed E-state index contributed by atoms with van der Waals surface area (Å²) in [5.74, 6) is -1.94. The molecule has 2 aliphatic rings. The first-order chi connectivity index (χ1) is 21.5. The van der Waals surface area contributed by atoms with Crippen LogP contribution in [0.2, 0.25) is 0 Å². The highest BCUT2D eigenvalue weighted by molar-refractivity contribution is 7.89. The molecule has 3 aromatic carbocycles.